The third-order valence-corrected chi connectivity index (χ3v) is 4.30. The van der Waals surface area contributed by atoms with E-state index in [2.05, 4.69) is 10.3 Å². The van der Waals surface area contributed by atoms with Crippen LogP contribution in [-0.2, 0) is 21.2 Å². The lowest BCUT2D eigenvalue weighted by Gasteiger charge is -2.04. The van der Waals surface area contributed by atoms with Gasteiger partial charge in [-0.2, -0.15) is 0 Å². The molecule has 0 fully saturated rings. The summed E-state index contributed by atoms with van der Waals surface area (Å²) in [5.74, 6) is -0.906. The van der Waals surface area contributed by atoms with Crippen LogP contribution in [0.2, 0.25) is 0 Å². The summed E-state index contributed by atoms with van der Waals surface area (Å²) in [5.41, 5.74) is 3.09. The van der Waals surface area contributed by atoms with Gasteiger partial charge >= 0.3 is 5.97 Å². The molecule has 1 aromatic carbocycles. The van der Waals surface area contributed by atoms with Gasteiger partial charge < -0.3 is 5.11 Å². The second kappa shape index (κ2) is 6.27. The van der Waals surface area contributed by atoms with Crippen molar-refractivity contribution in [1.82, 2.24) is 15.0 Å². The Labute approximate surface area is 128 Å². The number of aryl methyl sites for hydroxylation is 2. The smallest absolute Gasteiger partial charge is 0.328 e. The highest BCUT2D eigenvalue weighted by molar-refractivity contribution is 7.90. The maximum atomic E-state index is 11.1. The minimum Gasteiger partial charge on any atom is -0.478 e. The summed E-state index contributed by atoms with van der Waals surface area (Å²) in [6.45, 7) is 2.31. The maximum absolute atomic E-state index is 11.1. The van der Waals surface area contributed by atoms with Crippen molar-refractivity contribution in [3.63, 3.8) is 0 Å². The number of fused-ring (bicyclic) bond motifs is 1. The average Bonchev–Trinajstić information content (AvgIpc) is 2.80. The third kappa shape index (κ3) is 3.91. The molecule has 1 N–H and O–H groups in total. The fourth-order valence-corrected chi connectivity index (χ4v) is 2.82. The first-order chi connectivity index (χ1) is 10.3. The summed E-state index contributed by atoms with van der Waals surface area (Å²) < 4.78 is 24.0. The zero-order valence-corrected chi connectivity index (χ0v) is 13.2. The third-order valence-electron chi connectivity index (χ3n) is 3.27. The lowest BCUT2D eigenvalue weighted by atomic mass is 10.1. The van der Waals surface area contributed by atoms with E-state index in [9.17, 15) is 13.2 Å². The first-order valence-corrected chi connectivity index (χ1v) is 8.75. The van der Waals surface area contributed by atoms with Crippen LogP contribution < -0.4 is 0 Å². The summed E-state index contributed by atoms with van der Waals surface area (Å²) in [6.07, 6.45) is 4.26. The molecule has 0 aliphatic carbocycles. The number of benzene rings is 1. The van der Waals surface area contributed by atoms with Crippen molar-refractivity contribution in [2.45, 2.75) is 19.9 Å². The number of aliphatic carboxylic acids is 1. The Kier molecular flexibility index (Phi) is 4.60. The molecule has 0 atom stereocenters. The Balaban J connectivity index is 2.26. The predicted molar refractivity (Wildman–Crippen MR) is 83.3 cm³/mol. The topological polar surface area (TPSA) is 102 Å². The average molecular weight is 323 g/mol. The number of hydrogen-bond donors (Lipinski definition) is 1. The van der Waals surface area contributed by atoms with Crippen LogP contribution >= 0.6 is 0 Å². The van der Waals surface area contributed by atoms with Crippen LogP contribution in [-0.4, -0.2) is 46.5 Å². The highest BCUT2D eigenvalue weighted by atomic mass is 32.2. The Hall–Kier alpha value is -2.22. The fraction of sp³-hybridized carbons (Fsp3) is 0.357. The molecule has 0 aliphatic heterocycles. The van der Waals surface area contributed by atoms with Gasteiger partial charge in [0.05, 0.1) is 11.3 Å². The standard InChI is InChI=1S/C14H17N3O4S/c1-10-11(5-7-13(18)19)4-6-12-14(10)15-16-17(12)8-3-9-22(2,20)21/h4-7H,3,8-9H2,1-2H3,(H,18,19)/b7-5+. The molecule has 118 valence electrons. The van der Waals surface area contributed by atoms with Gasteiger partial charge in [-0.15, -0.1) is 5.10 Å². The summed E-state index contributed by atoms with van der Waals surface area (Å²) in [6, 6.07) is 3.61. The largest absolute Gasteiger partial charge is 0.478 e. The summed E-state index contributed by atoms with van der Waals surface area (Å²) in [5, 5.41) is 16.8. The fourth-order valence-electron chi connectivity index (χ4n) is 2.17. The van der Waals surface area contributed by atoms with Crippen molar-refractivity contribution in [3.05, 3.63) is 29.3 Å². The van der Waals surface area contributed by atoms with Gasteiger partial charge in [-0.1, -0.05) is 11.3 Å². The van der Waals surface area contributed by atoms with Crippen molar-refractivity contribution in [3.8, 4) is 0 Å². The zero-order chi connectivity index (χ0) is 16.3. The highest BCUT2D eigenvalue weighted by Gasteiger charge is 2.10. The molecule has 0 saturated carbocycles. The van der Waals surface area contributed by atoms with Crippen LogP contribution in [0.25, 0.3) is 17.1 Å². The minimum atomic E-state index is -2.99. The zero-order valence-electron chi connectivity index (χ0n) is 12.4. The van der Waals surface area contributed by atoms with Crippen LogP contribution in [0, 0.1) is 6.92 Å². The summed E-state index contributed by atoms with van der Waals surface area (Å²) >= 11 is 0. The van der Waals surface area contributed by atoms with Crippen molar-refractivity contribution in [2.75, 3.05) is 12.0 Å². The molecule has 22 heavy (non-hydrogen) atoms. The molecular formula is C14H17N3O4S. The van der Waals surface area contributed by atoms with Gasteiger partial charge in [-0.05, 0) is 36.6 Å². The number of nitrogens with zero attached hydrogens (tertiary/aromatic N) is 3. The number of rotatable bonds is 6. The molecule has 1 heterocycles. The highest BCUT2D eigenvalue weighted by Crippen LogP contribution is 2.21. The SMILES string of the molecule is Cc1c(/C=C/C(=O)O)ccc2c1nnn2CCCS(C)(=O)=O. The van der Waals surface area contributed by atoms with Crippen molar-refractivity contribution >= 4 is 32.9 Å². The summed E-state index contributed by atoms with van der Waals surface area (Å²) in [7, 11) is -2.99. The Morgan fingerprint density at radius 1 is 1.41 bits per heavy atom. The van der Waals surface area contributed by atoms with Gasteiger partial charge in [-0.25, -0.2) is 17.9 Å². The Morgan fingerprint density at radius 3 is 2.77 bits per heavy atom. The molecule has 7 nitrogen and oxygen atoms in total. The number of carboxylic acids is 1. The molecule has 0 amide bonds. The van der Waals surface area contributed by atoms with E-state index in [1.54, 1.807) is 10.7 Å². The molecule has 2 rings (SSSR count). The minimum absolute atomic E-state index is 0.104. The number of aromatic nitrogens is 3. The van der Waals surface area contributed by atoms with E-state index in [-0.39, 0.29) is 5.75 Å². The molecule has 0 bridgehead atoms. The molecule has 0 unspecified atom stereocenters. The molecule has 0 radical (unpaired) electrons. The van der Waals surface area contributed by atoms with E-state index in [0.717, 1.165) is 22.7 Å². The first-order valence-electron chi connectivity index (χ1n) is 6.69. The Bertz CT molecular complexity index is 837. The van der Waals surface area contributed by atoms with Crippen molar-refractivity contribution in [1.29, 1.82) is 0 Å². The molecule has 0 saturated heterocycles. The van der Waals surface area contributed by atoms with E-state index in [4.69, 9.17) is 5.11 Å². The van der Waals surface area contributed by atoms with Crippen LogP contribution in [0.4, 0.5) is 0 Å². The molecule has 8 heteroatoms. The van der Waals surface area contributed by atoms with Crippen LogP contribution in [0.5, 0.6) is 0 Å². The van der Waals surface area contributed by atoms with E-state index in [1.807, 2.05) is 13.0 Å². The molecule has 1 aromatic heterocycles. The predicted octanol–water partition coefficient (Wildman–Crippen LogP) is 1.27. The van der Waals surface area contributed by atoms with Crippen molar-refractivity contribution < 1.29 is 18.3 Å². The van der Waals surface area contributed by atoms with Gasteiger partial charge in [0.15, 0.2) is 0 Å². The normalized spacial score (nSPS) is 12.3. The molecular weight excluding hydrogens is 306 g/mol. The Morgan fingerprint density at radius 2 is 2.14 bits per heavy atom. The van der Waals surface area contributed by atoms with Gasteiger partial charge in [0.1, 0.15) is 15.4 Å². The van der Waals surface area contributed by atoms with E-state index >= 15 is 0 Å². The molecule has 2 aromatic rings. The van der Waals surface area contributed by atoms with Gasteiger partial charge in [0.2, 0.25) is 0 Å². The van der Waals surface area contributed by atoms with Gasteiger partial charge in [0, 0.05) is 18.9 Å². The van der Waals surface area contributed by atoms with Crippen LogP contribution in [0.15, 0.2) is 18.2 Å². The van der Waals surface area contributed by atoms with Gasteiger partial charge in [0.25, 0.3) is 0 Å². The van der Waals surface area contributed by atoms with E-state index < -0.39 is 15.8 Å². The number of hydrogen-bond acceptors (Lipinski definition) is 5. The number of carbonyl (C=O) groups is 1. The lowest BCUT2D eigenvalue weighted by Crippen LogP contribution is -2.08. The van der Waals surface area contributed by atoms with Crippen molar-refractivity contribution in [2.24, 2.45) is 0 Å². The van der Waals surface area contributed by atoms with Gasteiger partial charge in [-0.3, -0.25) is 0 Å². The number of sulfone groups is 1. The summed E-state index contributed by atoms with van der Waals surface area (Å²) in [4.78, 5) is 10.6. The van der Waals surface area contributed by atoms with E-state index in [0.29, 0.717) is 18.5 Å². The number of carboxylic acid groups (broad SMARTS) is 1. The van der Waals surface area contributed by atoms with E-state index in [1.165, 1.54) is 12.3 Å². The first kappa shape index (κ1) is 16.2. The van der Waals surface area contributed by atoms with Crippen LogP contribution in [0.1, 0.15) is 17.5 Å². The molecule has 0 spiro atoms. The second-order valence-corrected chi connectivity index (χ2v) is 7.37. The molecule has 0 aliphatic rings. The van der Waals surface area contributed by atoms with Crippen LogP contribution in [0.3, 0.4) is 0 Å². The maximum Gasteiger partial charge on any atom is 0.328 e. The quantitative estimate of drug-likeness (QED) is 0.803. The monoisotopic (exact) mass is 323 g/mol. The lowest BCUT2D eigenvalue weighted by molar-refractivity contribution is -0.131. The second-order valence-electron chi connectivity index (χ2n) is 5.12.